The second kappa shape index (κ2) is 8.90. The molecule has 0 bridgehead atoms. The molecule has 3 heteroatoms. The molecule has 0 saturated carbocycles. The SMILES string of the molecule is CNCc1ccc(C#Cc2ccc(CC(C)NC(C)=O)cc2)cc1. The monoisotopic (exact) mass is 320 g/mol. The van der Waals surface area contributed by atoms with Crippen molar-refractivity contribution < 1.29 is 4.79 Å². The first-order valence-corrected chi connectivity index (χ1v) is 8.18. The molecule has 0 fully saturated rings. The number of amides is 1. The fraction of sp³-hybridized carbons (Fsp3) is 0.286. The van der Waals surface area contributed by atoms with Crippen LogP contribution in [0.25, 0.3) is 0 Å². The quantitative estimate of drug-likeness (QED) is 0.832. The van der Waals surface area contributed by atoms with Crippen LogP contribution in [0.3, 0.4) is 0 Å². The van der Waals surface area contributed by atoms with Gasteiger partial charge in [0.1, 0.15) is 0 Å². The molecule has 0 aromatic heterocycles. The van der Waals surface area contributed by atoms with E-state index in [4.69, 9.17) is 0 Å². The third-order valence-corrected chi connectivity index (χ3v) is 3.63. The summed E-state index contributed by atoms with van der Waals surface area (Å²) in [5, 5.41) is 6.03. The van der Waals surface area contributed by atoms with Gasteiger partial charge in [-0.25, -0.2) is 0 Å². The molecule has 1 amide bonds. The topological polar surface area (TPSA) is 41.1 Å². The zero-order valence-corrected chi connectivity index (χ0v) is 14.5. The van der Waals surface area contributed by atoms with Crippen LogP contribution < -0.4 is 10.6 Å². The van der Waals surface area contributed by atoms with Gasteiger partial charge < -0.3 is 10.6 Å². The van der Waals surface area contributed by atoms with E-state index in [1.807, 2.05) is 38.2 Å². The van der Waals surface area contributed by atoms with Gasteiger partial charge in [0.25, 0.3) is 0 Å². The number of rotatable bonds is 5. The molecular formula is C21H24N2O. The maximum Gasteiger partial charge on any atom is 0.217 e. The molecule has 2 N–H and O–H groups in total. The summed E-state index contributed by atoms with van der Waals surface area (Å²) >= 11 is 0. The van der Waals surface area contributed by atoms with Crippen LogP contribution in [0.4, 0.5) is 0 Å². The Hall–Kier alpha value is -2.57. The summed E-state index contributed by atoms with van der Waals surface area (Å²) in [6, 6.07) is 16.6. The lowest BCUT2D eigenvalue weighted by Gasteiger charge is -2.12. The lowest BCUT2D eigenvalue weighted by atomic mass is 10.0. The zero-order chi connectivity index (χ0) is 17.4. The largest absolute Gasteiger partial charge is 0.354 e. The molecule has 3 nitrogen and oxygen atoms in total. The Kier molecular flexibility index (Phi) is 6.60. The number of carbonyl (C=O) groups is 1. The Morgan fingerprint density at radius 1 is 0.958 bits per heavy atom. The minimum absolute atomic E-state index is 0.00530. The predicted octanol–water partition coefficient (Wildman–Crippen LogP) is 2.87. The van der Waals surface area contributed by atoms with Gasteiger partial charge in [-0.1, -0.05) is 36.1 Å². The van der Waals surface area contributed by atoms with Gasteiger partial charge in [0.2, 0.25) is 5.91 Å². The highest BCUT2D eigenvalue weighted by atomic mass is 16.1. The predicted molar refractivity (Wildman–Crippen MR) is 98.6 cm³/mol. The Balaban J connectivity index is 1.97. The van der Waals surface area contributed by atoms with Gasteiger partial charge in [0.05, 0.1) is 0 Å². The summed E-state index contributed by atoms with van der Waals surface area (Å²) in [6.45, 7) is 4.42. The normalized spacial score (nSPS) is 11.3. The third kappa shape index (κ3) is 5.91. The van der Waals surface area contributed by atoms with E-state index in [0.29, 0.717) is 0 Å². The number of benzene rings is 2. The Morgan fingerprint density at radius 3 is 1.92 bits per heavy atom. The summed E-state index contributed by atoms with van der Waals surface area (Å²) in [4.78, 5) is 11.0. The first kappa shape index (κ1) is 17.8. The molecular weight excluding hydrogens is 296 g/mol. The first-order valence-electron chi connectivity index (χ1n) is 8.18. The molecule has 2 aromatic rings. The highest BCUT2D eigenvalue weighted by Crippen LogP contribution is 2.07. The van der Waals surface area contributed by atoms with E-state index in [2.05, 4.69) is 46.7 Å². The summed E-state index contributed by atoms with van der Waals surface area (Å²) in [6.07, 6.45) is 0.820. The summed E-state index contributed by atoms with van der Waals surface area (Å²) in [7, 11) is 1.94. The van der Waals surface area contributed by atoms with Crippen molar-refractivity contribution in [3.05, 3.63) is 70.8 Å². The molecule has 2 aromatic carbocycles. The lowest BCUT2D eigenvalue weighted by molar-refractivity contribution is -0.119. The zero-order valence-electron chi connectivity index (χ0n) is 14.5. The van der Waals surface area contributed by atoms with Crippen molar-refractivity contribution in [1.82, 2.24) is 10.6 Å². The molecule has 1 unspecified atom stereocenters. The van der Waals surface area contributed by atoms with Crippen LogP contribution in [-0.2, 0) is 17.8 Å². The number of hydrogen-bond donors (Lipinski definition) is 2. The van der Waals surface area contributed by atoms with Crippen LogP contribution in [0.5, 0.6) is 0 Å². The summed E-state index contributed by atoms with van der Waals surface area (Å²) in [5.74, 6) is 6.38. The molecule has 124 valence electrons. The molecule has 24 heavy (non-hydrogen) atoms. The lowest BCUT2D eigenvalue weighted by Crippen LogP contribution is -2.31. The van der Waals surface area contributed by atoms with Crippen LogP contribution in [-0.4, -0.2) is 19.0 Å². The van der Waals surface area contributed by atoms with E-state index < -0.39 is 0 Å². The van der Waals surface area contributed by atoms with Crippen LogP contribution in [0, 0.1) is 11.8 Å². The van der Waals surface area contributed by atoms with Crippen molar-refractivity contribution in [2.45, 2.75) is 32.9 Å². The molecule has 1 atom stereocenters. The van der Waals surface area contributed by atoms with Gasteiger partial charge in [-0.2, -0.15) is 0 Å². The standard InChI is InChI=1S/C21H24N2O/c1-16(23-17(2)24)14-20-10-6-18(7-11-20)4-5-19-8-12-21(13-9-19)15-22-3/h6-13,16,22H,14-15H2,1-3H3,(H,23,24). The smallest absolute Gasteiger partial charge is 0.217 e. The molecule has 0 aliphatic rings. The highest BCUT2D eigenvalue weighted by molar-refractivity contribution is 5.73. The average Bonchev–Trinajstić information content (AvgIpc) is 2.55. The van der Waals surface area contributed by atoms with E-state index in [-0.39, 0.29) is 11.9 Å². The average molecular weight is 320 g/mol. The van der Waals surface area contributed by atoms with Crippen LogP contribution in [0.1, 0.15) is 36.1 Å². The minimum atomic E-state index is 0.00530. The van der Waals surface area contributed by atoms with Gasteiger partial charge in [-0.3, -0.25) is 4.79 Å². The van der Waals surface area contributed by atoms with Gasteiger partial charge in [0, 0.05) is 30.6 Å². The first-order chi connectivity index (χ1) is 11.6. The van der Waals surface area contributed by atoms with Gasteiger partial charge in [0.15, 0.2) is 0 Å². The number of nitrogens with one attached hydrogen (secondary N) is 2. The Bertz CT molecular complexity index is 721. The third-order valence-electron chi connectivity index (χ3n) is 3.63. The Morgan fingerprint density at radius 2 is 1.46 bits per heavy atom. The van der Waals surface area contributed by atoms with Crippen LogP contribution >= 0.6 is 0 Å². The van der Waals surface area contributed by atoms with Crippen molar-refractivity contribution in [3.63, 3.8) is 0 Å². The van der Waals surface area contributed by atoms with E-state index in [0.717, 1.165) is 24.1 Å². The Labute approximate surface area is 144 Å². The van der Waals surface area contributed by atoms with Crippen LogP contribution in [0.15, 0.2) is 48.5 Å². The highest BCUT2D eigenvalue weighted by Gasteiger charge is 2.04. The van der Waals surface area contributed by atoms with Crippen LogP contribution in [0.2, 0.25) is 0 Å². The second-order valence-corrected chi connectivity index (χ2v) is 5.98. The fourth-order valence-electron chi connectivity index (χ4n) is 2.53. The summed E-state index contributed by atoms with van der Waals surface area (Å²) in [5.41, 5.74) is 4.45. The number of hydrogen-bond acceptors (Lipinski definition) is 2. The molecule has 0 heterocycles. The van der Waals surface area contributed by atoms with Crippen molar-refractivity contribution >= 4 is 5.91 Å². The van der Waals surface area contributed by atoms with E-state index >= 15 is 0 Å². The van der Waals surface area contributed by atoms with Crippen molar-refractivity contribution in [3.8, 4) is 11.8 Å². The summed E-state index contributed by atoms with van der Waals surface area (Å²) < 4.78 is 0. The molecule has 2 rings (SSSR count). The van der Waals surface area contributed by atoms with Gasteiger partial charge in [-0.15, -0.1) is 0 Å². The minimum Gasteiger partial charge on any atom is -0.354 e. The van der Waals surface area contributed by atoms with Gasteiger partial charge >= 0.3 is 0 Å². The molecule has 0 aliphatic carbocycles. The molecule has 0 saturated heterocycles. The maximum absolute atomic E-state index is 11.0. The van der Waals surface area contributed by atoms with E-state index in [9.17, 15) is 4.79 Å². The molecule has 0 radical (unpaired) electrons. The van der Waals surface area contributed by atoms with Crippen molar-refractivity contribution in [2.75, 3.05) is 7.05 Å². The molecule has 0 spiro atoms. The van der Waals surface area contributed by atoms with Gasteiger partial charge in [-0.05, 0) is 55.8 Å². The number of carbonyl (C=O) groups excluding carboxylic acids is 1. The van der Waals surface area contributed by atoms with Crippen molar-refractivity contribution in [2.24, 2.45) is 0 Å². The van der Waals surface area contributed by atoms with E-state index in [1.54, 1.807) is 6.92 Å². The van der Waals surface area contributed by atoms with Crippen molar-refractivity contribution in [1.29, 1.82) is 0 Å². The second-order valence-electron chi connectivity index (χ2n) is 5.98. The van der Waals surface area contributed by atoms with E-state index in [1.165, 1.54) is 11.1 Å². The maximum atomic E-state index is 11.0. The molecule has 0 aliphatic heterocycles. The fourth-order valence-corrected chi connectivity index (χ4v) is 2.53.